The van der Waals surface area contributed by atoms with E-state index in [-0.39, 0.29) is 24.0 Å². The molecule has 0 saturated heterocycles. The average Bonchev–Trinajstić information content (AvgIpc) is 2.72. The van der Waals surface area contributed by atoms with Gasteiger partial charge < -0.3 is 10.5 Å². The number of rotatable bonds is 4. The number of amides is 1. The van der Waals surface area contributed by atoms with Crippen LogP contribution in [0.5, 0.6) is 5.75 Å². The molecular formula is C22H18FN3O3. The van der Waals surface area contributed by atoms with Crippen molar-refractivity contribution in [3.63, 3.8) is 0 Å². The number of hydrogen-bond donors (Lipinski definition) is 1. The largest absolute Gasteiger partial charge is 0.472 e. The highest BCUT2D eigenvalue weighted by atomic mass is 19.1. The van der Waals surface area contributed by atoms with Gasteiger partial charge in [-0.05, 0) is 42.8 Å². The Balaban J connectivity index is 1.71. The van der Waals surface area contributed by atoms with Gasteiger partial charge in [0.25, 0.3) is 5.91 Å². The van der Waals surface area contributed by atoms with Crippen molar-refractivity contribution in [3.05, 3.63) is 83.2 Å². The highest BCUT2D eigenvalue weighted by Crippen LogP contribution is 2.38. The fraction of sp³-hybridized carbons (Fsp3) is 0.136. The van der Waals surface area contributed by atoms with Gasteiger partial charge in [0, 0.05) is 11.1 Å². The van der Waals surface area contributed by atoms with Crippen molar-refractivity contribution in [2.75, 3.05) is 17.2 Å². The lowest BCUT2D eigenvalue weighted by atomic mass is 10.0. The van der Waals surface area contributed by atoms with E-state index in [9.17, 15) is 14.0 Å². The second-order valence-electron chi connectivity index (χ2n) is 6.78. The molecule has 146 valence electrons. The monoisotopic (exact) mass is 391 g/mol. The van der Waals surface area contributed by atoms with E-state index >= 15 is 0 Å². The third-order valence-corrected chi connectivity index (χ3v) is 4.74. The molecule has 3 aromatic rings. The molecule has 1 aromatic heterocycles. The average molecular weight is 391 g/mol. The van der Waals surface area contributed by atoms with Crippen LogP contribution >= 0.6 is 0 Å². The summed E-state index contributed by atoms with van der Waals surface area (Å²) in [6.07, 6.45) is -0.906. The molecule has 0 saturated carbocycles. The lowest BCUT2D eigenvalue weighted by molar-refractivity contribution is -0.126. The summed E-state index contributed by atoms with van der Waals surface area (Å²) in [5.41, 5.74) is 7.11. The molecule has 0 fully saturated rings. The summed E-state index contributed by atoms with van der Waals surface area (Å²) < 4.78 is 19.4. The van der Waals surface area contributed by atoms with Crippen molar-refractivity contribution in [1.82, 2.24) is 4.98 Å². The molecular weight excluding hydrogens is 373 g/mol. The number of nitrogen functional groups attached to an aromatic ring is 1. The van der Waals surface area contributed by atoms with Crippen LogP contribution < -0.4 is 15.4 Å². The molecule has 7 heteroatoms. The topological polar surface area (TPSA) is 85.5 Å². The summed E-state index contributed by atoms with van der Waals surface area (Å²) in [6, 6.07) is 16.3. The first kappa shape index (κ1) is 18.6. The summed E-state index contributed by atoms with van der Waals surface area (Å²) in [6.45, 7) is 1.31. The normalized spacial score (nSPS) is 15.6. The van der Waals surface area contributed by atoms with Gasteiger partial charge in [-0.15, -0.1) is 0 Å². The highest BCUT2D eigenvalue weighted by Gasteiger charge is 2.37. The lowest BCUT2D eigenvalue weighted by Gasteiger charge is -2.33. The molecule has 0 radical (unpaired) electrons. The van der Waals surface area contributed by atoms with Crippen LogP contribution in [0.4, 0.5) is 16.0 Å². The Morgan fingerprint density at radius 3 is 2.66 bits per heavy atom. The highest BCUT2D eigenvalue weighted by molar-refractivity contribution is 6.08. The summed E-state index contributed by atoms with van der Waals surface area (Å²) in [4.78, 5) is 31.5. The van der Waals surface area contributed by atoms with Crippen LogP contribution in [-0.4, -0.2) is 23.2 Å². The quantitative estimate of drug-likeness (QED) is 0.689. The van der Waals surface area contributed by atoms with E-state index < -0.39 is 17.8 Å². The number of benzene rings is 2. The number of fused-ring (bicyclic) bond motifs is 1. The van der Waals surface area contributed by atoms with Crippen molar-refractivity contribution >= 4 is 23.3 Å². The summed E-state index contributed by atoms with van der Waals surface area (Å²) in [5, 5.41) is 0. The maximum Gasteiger partial charge on any atom is 0.274 e. The molecule has 1 atom stereocenters. The fourth-order valence-corrected chi connectivity index (χ4v) is 3.20. The van der Waals surface area contributed by atoms with Gasteiger partial charge >= 0.3 is 0 Å². The number of ether oxygens (including phenoxy) is 1. The smallest absolute Gasteiger partial charge is 0.274 e. The van der Waals surface area contributed by atoms with Gasteiger partial charge in [-0.3, -0.25) is 14.5 Å². The second kappa shape index (κ2) is 7.35. The van der Waals surface area contributed by atoms with Crippen molar-refractivity contribution < 1.29 is 18.7 Å². The molecule has 1 aliphatic rings. The molecule has 0 aliphatic carbocycles. The number of pyridine rings is 1. The van der Waals surface area contributed by atoms with E-state index in [4.69, 9.17) is 10.5 Å². The van der Waals surface area contributed by atoms with Gasteiger partial charge in [0.1, 0.15) is 11.6 Å². The minimum Gasteiger partial charge on any atom is -0.472 e. The van der Waals surface area contributed by atoms with Crippen LogP contribution in [0, 0.1) is 12.7 Å². The Morgan fingerprint density at radius 1 is 1.17 bits per heavy atom. The number of aryl methyl sites for hydroxylation is 1. The van der Waals surface area contributed by atoms with E-state index in [1.807, 2.05) is 6.07 Å². The SMILES string of the molecule is Cc1cc(C(=O)CN2C(=O)C(c3ccccc3)Oc3ccc(N)nc32)ccc1F. The molecule has 1 unspecified atom stereocenters. The minimum atomic E-state index is -0.906. The van der Waals surface area contributed by atoms with Crippen LogP contribution in [0.25, 0.3) is 0 Å². The van der Waals surface area contributed by atoms with Crippen LogP contribution in [0.15, 0.2) is 60.7 Å². The lowest BCUT2D eigenvalue weighted by Crippen LogP contribution is -2.44. The number of halogens is 1. The number of ketones is 1. The first-order valence-corrected chi connectivity index (χ1v) is 9.03. The van der Waals surface area contributed by atoms with Gasteiger partial charge in [0.2, 0.25) is 6.10 Å². The van der Waals surface area contributed by atoms with Crippen LogP contribution in [0.2, 0.25) is 0 Å². The number of nitrogens with zero attached hydrogens (tertiary/aromatic N) is 2. The number of anilines is 2. The van der Waals surface area contributed by atoms with Crippen molar-refractivity contribution in [2.45, 2.75) is 13.0 Å². The van der Waals surface area contributed by atoms with E-state index in [2.05, 4.69) is 4.98 Å². The van der Waals surface area contributed by atoms with Gasteiger partial charge in [0.15, 0.2) is 17.4 Å². The third kappa shape index (κ3) is 3.54. The first-order chi connectivity index (χ1) is 13.9. The van der Waals surface area contributed by atoms with E-state index in [1.54, 1.807) is 43.3 Å². The second-order valence-corrected chi connectivity index (χ2v) is 6.78. The molecule has 2 aromatic carbocycles. The molecule has 6 nitrogen and oxygen atoms in total. The summed E-state index contributed by atoms with van der Waals surface area (Å²) in [7, 11) is 0. The van der Waals surface area contributed by atoms with Crippen LogP contribution in [-0.2, 0) is 4.79 Å². The fourth-order valence-electron chi connectivity index (χ4n) is 3.20. The Morgan fingerprint density at radius 2 is 1.93 bits per heavy atom. The molecule has 0 spiro atoms. The first-order valence-electron chi connectivity index (χ1n) is 9.03. The molecule has 2 N–H and O–H groups in total. The van der Waals surface area contributed by atoms with Gasteiger partial charge in [0.05, 0.1) is 6.54 Å². The molecule has 1 amide bonds. The number of nitrogens with two attached hydrogens (primary N) is 1. The maximum atomic E-state index is 13.5. The van der Waals surface area contributed by atoms with E-state index in [0.29, 0.717) is 22.4 Å². The number of carbonyl (C=O) groups is 2. The van der Waals surface area contributed by atoms with Gasteiger partial charge in [-0.25, -0.2) is 9.37 Å². The Bertz CT molecular complexity index is 1100. The molecule has 4 rings (SSSR count). The third-order valence-electron chi connectivity index (χ3n) is 4.74. The van der Waals surface area contributed by atoms with Crippen LogP contribution in [0.3, 0.4) is 0 Å². The molecule has 0 bridgehead atoms. The van der Waals surface area contributed by atoms with Crippen LogP contribution in [0.1, 0.15) is 27.6 Å². The minimum absolute atomic E-state index is 0.189. The Labute approximate surface area is 166 Å². The molecule has 1 aliphatic heterocycles. The van der Waals surface area contributed by atoms with E-state index in [1.165, 1.54) is 23.1 Å². The van der Waals surface area contributed by atoms with Gasteiger partial charge in [-0.1, -0.05) is 30.3 Å². The standard InChI is InChI=1S/C22H18FN3O3/c1-13-11-15(7-8-16(13)23)17(27)12-26-21-18(9-10-19(24)25-21)29-20(22(26)28)14-5-3-2-4-6-14/h2-11,20H,12H2,1H3,(H2,24,25). The zero-order chi connectivity index (χ0) is 20.5. The zero-order valence-corrected chi connectivity index (χ0v) is 15.6. The predicted molar refractivity (Wildman–Crippen MR) is 106 cm³/mol. The predicted octanol–water partition coefficient (Wildman–Crippen LogP) is 3.46. The Kier molecular flexibility index (Phi) is 4.72. The summed E-state index contributed by atoms with van der Waals surface area (Å²) >= 11 is 0. The maximum absolute atomic E-state index is 13.5. The number of carbonyl (C=O) groups excluding carboxylic acids is 2. The van der Waals surface area contributed by atoms with Crippen molar-refractivity contribution in [2.24, 2.45) is 0 Å². The van der Waals surface area contributed by atoms with E-state index in [0.717, 1.165) is 0 Å². The molecule has 2 heterocycles. The Hall–Kier alpha value is -3.74. The zero-order valence-electron chi connectivity index (χ0n) is 15.6. The summed E-state index contributed by atoms with van der Waals surface area (Å²) in [5.74, 6) is -0.411. The number of aromatic nitrogens is 1. The van der Waals surface area contributed by atoms with Gasteiger partial charge in [-0.2, -0.15) is 0 Å². The number of hydrogen-bond acceptors (Lipinski definition) is 5. The number of Topliss-reactive ketones (excluding diaryl/α,β-unsaturated/α-hetero) is 1. The molecule has 29 heavy (non-hydrogen) atoms. The van der Waals surface area contributed by atoms with Crippen molar-refractivity contribution in [3.8, 4) is 5.75 Å². The van der Waals surface area contributed by atoms with Crippen molar-refractivity contribution in [1.29, 1.82) is 0 Å².